The first-order valence-corrected chi connectivity index (χ1v) is 9.16. The van der Waals surface area contributed by atoms with Crippen LogP contribution in [0.5, 0.6) is 0 Å². The lowest BCUT2D eigenvalue weighted by atomic mass is 10.0. The molecule has 0 aliphatic carbocycles. The van der Waals surface area contributed by atoms with E-state index < -0.39 is 0 Å². The first-order chi connectivity index (χ1) is 12.4. The third-order valence-corrected chi connectivity index (χ3v) is 4.48. The van der Waals surface area contributed by atoms with Crippen LogP contribution in [0, 0.1) is 0 Å². The van der Waals surface area contributed by atoms with E-state index in [1.165, 1.54) is 11.1 Å². The second-order valence-corrected chi connectivity index (χ2v) is 6.28. The van der Waals surface area contributed by atoms with E-state index in [4.69, 9.17) is 9.47 Å². The van der Waals surface area contributed by atoms with Crippen molar-refractivity contribution in [2.24, 2.45) is 0 Å². The van der Waals surface area contributed by atoms with Gasteiger partial charge in [-0.15, -0.1) is 0 Å². The highest BCUT2D eigenvalue weighted by Crippen LogP contribution is 2.25. The van der Waals surface area contributed by atoms with Gasteiger partial charge < -0.3 is 14.8 Å². The first-order valence-electron chi connectivity index (χ1n) is 9.16. The highest BCUT2D eigenvalue weighted by Gasteiger charge is 2.14. The van der Waals surface area contributed by atoms with Crippen LogP contribution in [-0.2, 0) is 9.47 Å². The molecule has 0 spiro atoms. The predicted molar refractivity (Wildman–Crippen MR) is 101 cm³/mol. The van der Waals surface area contributed by atoms with Crippen LogP contribution in [0.1, 0.15) is 17.2 Å². The van der Waals surface area contributed by atoms with E-state index in [1.807, 2.05) is 12.1 Å². The molecule has 2 aromatic rings. The summed E-state index contributed by atoms with van der Waals surface area (Å²) in [6.45, 7) is 7.43. The van der Waals surface area contributed by atoms with Crippen LogP contribution in [0.2, 0.25) is 0 Å². The molecule has 1 aliphatic heterocycles. The van der Waals surface area contributed by atoms with E-state index in [-0.39, 0.29) is 6.10 Å². The summed E-state index contributed by atoms with van der Waals surface area (Å²) in [6.07, 6.45) is -0.0107. The Labute approximate surface area is 150 Å². The minimum Gasteiger partial charge on any atom is -0.379 e. The zero-order valence-corrected chi connectivity index (χ0v) is 14.8. The van der Waals surface area contributed by atoms with Gasteiger partial charge in [-0.1, -0.05) is 60.7 Å². The summed E-state index contributed by atoms with van der Waals surface area (Å²) in [6, 6.07) is 20.9. The first kappa shape index (κ1) is 18.1. The van der Waals surface area contributed by atoms with Crippen LogP contribution >= 0.6 is 0 Å². The largest absolute Gasteiger partial charge is 0.379 e. The highest BCUT2D eigenvalue weighted by atomic mass is 16.5. The maximum absolute atomic E-state index is 6.21. The molecule has 0 bridgehead atoms. The molecular formula is C21H28N2O2. The molecule has 0 saturated carbocycles. The lowest BCUT2D eigenvalue weighted by Gasteiger charge is -2.26. The summed E-state index contributed by atoms with van der Waals surface area (Å²) in [4.78, 5) is 2.44. The summed E-state index contributed by atoms with van der Waals surface area (Å²) in [5.74, 6) is 0. The van der Waals surface area contributed by atoms with Crippen molar-refractivity contribution in [2.45, 2.75) is 6.10 Å². The molecule has 1 aliphatic rings. The smallest absolute Gasteiger partial charge is 0.108 e. The molecule has 134 valence electrons. The third-order valence-electron chi connectivity index (χ3n) is 4.48. The molecule has 0 amide bonds. The van der Waals surface area contributed by atoms with Gasteiger partial charge in [-0.05, 0) is 11.1 Å². The van der Waals surface area contributed by atoms with E-state index >= 15 is 0 Å². The lowest BCUT2D eigenvalue weighted by Crippen LogP contribution is -2.40. The fourth-order valence-electron chi connectivity index (χ4n) is 3.08. The van der Waals surface area contributed by atoms with Crippen molar-refractivity contribution in [1.82, 2.24) is 10.2 Å². The molecule has 3 rings (SSSR count). The SMILES string of the molecule is c1ccc(C(OCCNCCN2CCOCC2)c2ccccc2)cc1. The Morgan fingerprint density at radius 2 is 1.48 bits per heavy atom. The number of hydrogen-bond acceptors (Lipinski definition) is 4. The maximum atomic E-state index is 6.21. The number of hydrogen-bond donors (Lipinski definition) is 1. The van der Waals surface area contributed by atoms with Gasteiger partial charge >= 0.3 is 0 Å². The quantitative estimate of drug-likeness (QED) is 0.712. The van der Waals surface area contributed by atoms with Gasteiger partial charge in [0.15, 0.2) is 0 Å². The number of nitrogens with zero attached hydrogens (tertiary/aromatic N) is 1. The number of ether oxygens (including phenoxy) is 2. The van der Waals surface area contributed by atoms with Gasteiger partial charge in [0.1, 0.15) is 6.10 Å². The summed E-state index contributed by atoms with van der Waals surface area (Å²) in [5.41, 5.74) is 2.39. The van der Waals surface area contributed by atoms with Crippen molar-refractivity contribution < 1.29 is 9.47 Å². The molecule has 25 heavy (non-hydrogen) atoms. The van der Waals surface area contributed by atoms with E-state index in [0.717, 1.165) is 45.9 Å². The van der Waals surface area contributed by atoms with E-state index in [2.05, 4.69) is 58.7 Å². The van der Waals surface area contributed by atoms with E-state index in [1.54, 1.807) is 0 Å². The Bertz CT molecular complexity index is 546. The van der Waals surface area contributed by atoms with Crippen LogP contribution < -0.4 is 5.32 Å². The van der Waals surface area contributed by atoms with Crippen LogP contribution in [-0.4, -0.2) is 57.4 Å². The van der Waals surface area contributed by atoms with Crippen LogP contribution in [0.4, 0.5) is 0 Å². The Hall–Kier alpha value is -1.72. The molecule has 4 heteroatoms. The maximum Gasteiger partial charge on any atom is 0.108 e. The molecule has 0 radical (unpaired) electrons. The number of benzene rings is 2. The van der Waals surface area contributed by atoms with Gasteiger partial charge in [-0.2, -0.15) is 0 Å². The second kappa shape index (κ2) is 10.3. The predicted octanol–water partition coefficient (Wildman–Crippen LogP) is 2.71. The molecular weight excluding hydrogens is 312 g/mol. The highest BCUT2D eigenvalue weighted by molar-refractivity contribution is 5.29. The average Bonchev–Trinajstić information content (AvgIpc) is 2.69. The monoisotopic (exact) mass is 340 g/mol. The molecule has 1 fully saturated rings. The van der Waals surface area contributed by atoms with Crippen molar-refractivity contribution in [1.29, 1.82) is 0 Å². The number of nitrogens with one attached hydrogen (secondary N) is 1. The van der Waals surface area contributed by atoms with Crippen LogP contribution in [0.3, 0.4) is 0 Å². The molecule has 1 heterocycles. The van der Waals surface area contributed by atoms with Gasteiger partial charge in [0, 0.05) is 32.7 Å². The normalized spacial score (nSPS) is 15.6. The van der Waals surface area contributed by atoms with Crippen molar-refractivity contribution in [3.63, 3.8) is 0 Å². The fraction of sp³-hybridized carbons (Fsp3) is 0.429. The topological polar surface area (TPSA) is 33.7 Å². The number of rotatable bonds is 9. The van der Waals surface area contributed by atoms with E-state index in [9.17, 15) is 0 Å². The Balaban J connectivity index is 1.43. The Morgan fingerprint density at radius 1 is 0.880 bits per heavy atom. The molecule has 4 nitrogen and oxygen atoms in total. The van der Waals surface area contributed by atoms with E-state index in [0.29, 0.717) is 6.61 Å². The van der Waals surface area contributed by atoms with Gasteiger partial charge in [-0.25, -0.2) is 0 Å². The molecule has 0 unspecified atom stereocenters. The molecule has 1 saturated heterocycles. The average molecular weight is 340 g/mol. The fourth-order valence-corrected chi connectivity index (χ4v) is 3.08. The molecule has 2 aromatic carbocycles. The summed E-state index contributed by atoms with van der Waals surface area (Å²) in [5, 5.41) is 3.48. The van der Waals surface area contributed by atoms with Crippen molar-refractivity contribution >= 4 is 0 Å². The minimum atomic E-state index is -0.0107. The Morgan fingerprint density at radius 3 is 2.08 bits per heavy atom. The minimum absolute atomic E-state index is 0.0107. The van der Waals surface area contributed by atoms with Crippen molar-refractivity contribution in [2.75, 3.05) is 52.5 Å². The van der Waals surface area contributed by atoms with Gasteiger partial charge in [0.2, 0.25) is 0 Å². The summed E-state index contributed by atoms with van der Waals surface area (Å²) < 4.78 is 11.6. The summed E-state index contributed by atoms with van der Waals surface area (Å²) >= 11 is 0. The van der Waals surface area contributed by atoms with Crippen molar-refractivity contribution in [3.05, 3.63) is 71.8 Å². The molecule has 1 N–H and O–H groups in total. The van der Waals surface area contributed by atoms with Crippen LogP contribution in [0.25, 0.3) is 0 Å². The molecule has 0 atom stereocenters. The van der Waals surface area contributed by atoms with Crippen molar-refractivity contribution in [3.8, 4) is 0 Å². The second-order valence-electron chi connectivity index (χ2n) is 6.28. The van der Waals surface area contributed by atoms with Gasteiger partial charge in [0.05, 0.1) is 19.8 Å². The molecule has 0 aromatic heterocycles. The van der Waals surface area contributed by atoms with Gasteiger partial charge in [-0.3, -0.25) is 4.90 Å². The summed E-state index contributed by atoms with van der Waals surface area (Å²) in [7, 11) is 0. The lowest BCUT2D eigenvalue weighted by molar-refractivity contribution is 0.0377. The number of morpholine rings is 1. The zero-order chi connectivity index (χ0) is 17.2. The third kappa shape index (κ3) is 5.94. The Kier molecular flexibility index (Phi) is 7.46. The zero-order valence-electron chi connectivity index (χ0n) is 14.8. The van der Waals surface area contributed by atoms with Crippen LogP contribution in [0.15, 0.2) is 60.7 Å². The standard InChI is InChI=1S/C21H28N2O2/c1-3-7-19(8-4-1)21(20-9-5-2-6-10-20)25-16-12-22-11-13-23-14-17-24-18-15-23/h1-10,21-22H,11-18H2. The van der Waals surface area contributed by atoms with Gasteiger partial charge in [0.25, 0.3) is 0 Å².